The van der Waals surface area contributed by atoms with Crippen molar-refractivity contribution in [3.8, 4) is 17.1 Å². The second-order valence-corrected chi connectivity index (χ2v) is 8.66. The predicted molar refractivity (Wildman–Crippen MR) is 113 cm³/mol. The number of ether oxygens (including phenoxy) is 1. The first-order valence-corrected chi connectivity index (χ1v) is 10.9. The molecule has 3 rings (SSSR count). The number of likely N-dealkylation sites (tertiary alicyclic amines) is 1. The molecule has 1 saturated heterocycles. The van der Waals surface area contributed by atoms with Crippen molar-refractivity contribution in [3.63, 3.8) is 0 Å². The first-order chi connectivity index (χ1) is 13.4. The van der Waals surface area contributed by atoms with Gasteiger partial charge in [-0.2, -0.15) is 0 Å². The average molecular weight is 403 g/mol. The second kappa shape index (κ2) is 8.99. The van der Waals surface area contributed by atoms with Gasteiger partial charge in [-0.1, -0.05) is 11.8 Å². The lowest BCUT2D eigenvalue weighted by atomic mass is 9.98. The van der Waals surface area contributed by atoms with Crippen LogP contribution in [0, 0.1) is 0 Å². The van der Waals surface area contributed by atoms with Crippen LogP contribution in [0.15, 0.2) is 29.4 Å². The summed E-state index contributed by atoms with van der Waals surface area (Å²) in [7, 11) is 1.65. The zero-order valence-corrected chi connectivity index (χ0v) is 18.2. The standard InChI is InChI=1S/C21H30N4O2S/c1-14(2)24-20(17-9-11-18(27-5)12-10-17)22-23-21(24)28-13-19(26)25-15(3)7-6-8-16(25)4/h9-12,14-16H,6-8,13H2,1-5H3/t15-,16-/m0/s1. The van der Waals surface area contributed by atoms with Gasteiger partial charge in [-0.25, -0.2) is 0 Å². The van der Waals surface area contributed by atoms with Crippen molar-refractivity contribution in [1.82, 2.24) is 19.7 Å². The molecule has 28 heavy (non-hydrogen) atoms. The maximum atomic E-state index is 12.9. The van der Waals surface area contributed by atoms with Crippen molar-refractivity contribution >= 4 is 17.7 Å². The molecule has 1 amide bonds. The Balaban J connectivity index is 1.77. The summed E-state index contributed by atoms with van der Waals surface area (Å²) < 4.78 is 7.34. The lowest BCUT2D eigenvalue weighted by Gasteiger charge is -2.39. The first-order valence-electron chi connectivity index (χ1n) is 9.95. The Kier molecular flexibility index (Phi) is 6.65. The van der Waals surface area contributed by atoms with Crippen LogP contribution in [0.3, 0.4) is 0 Å². The number of methoxy groups -OCH3 is 1. The lowest BCUT2D eigenvalue weighted by molar-refractivity contribution is -0.134. The summed E-state index contributed by atoms with van der Waals surface area (Å²) in [6.45, 7) is 8.52. The number of thioether (sulfide) groups is 1. The van der Waals surface area contributed by atoms with Gasteiger partial charge in [0.15, 0.2) is 11.0 Å². The Labute approximate surface area is 171 Å². The van der Waals surface area contributed by atoms with E-state index in [-0.39, 0.29) is 11.9 Å². The Morgan fingerprint density at radius 1 is 1.18 bits per heavy atom. The Bertz CT molecular complexity index is 793. The molecule has 1 aliphatic heterocycles. The molecule has 0 N–H and O–H groups in total. The minimum atomic E-state index is 0.189. The SMILES string of the molecule is COc1ccc(-c2nnc(SCC(=O)N3[C@@H](C)CCC[C@@H]3C)n2C(C)C)cc1. The van der Waals surface area contributed by atoms with Gasteiger partial charge in [0, 0.05) is 23.7 Å². The monoisotopic (exact) mass is 402 g/mol. The van der Waals surface area contributed by atoms with Crippen LogP contribution in [-0.4, -0.2) is 50.5 Å². The quantitative estimate of drug-likeness (QED) is 0.670. The number of aromatic nitrogens is 3. The van der Waals surface area contributed by atoms with Gasteiger partial charge in [0.2, 0.25) is 5.91 Å². The molecule has 2 aromatic rings. The van der Waals surface area contributed by atoms with Gasteiger partial charge in [0.05, 0.1) is 12.9 Å². The number of hydrogen-bond donors (Lipinski definition) is 0. The van der Waals surface area contributed by atoms with E-state index in [1.165, 1.54) is 18.2 Å². The Hall–Kier alpha value is -2.02. The van der Waals surface area contributed by atoms with Gasteiger partial charge in [-0.3, -0.25) is 9.36 Å². The van der Waals surface area contributed by atoms with E-state index in [1.807, 2.05) is 24.3 Å². The summed E-state index contributed by atoms with van der Waals surface area (Å²) in [6.07, 6.45) is 3.38. The number of piperidine rings is 1. The summed E-state index contributed by atoms with van der Waals surface area (Å²) >= 11 is 1.48. The molecule has 0 saturated carbocycles. The van der Waals surface area contributed by atoms with Crippen LogP contribution >= 0.6 is 11.8 Å². The van der Waals surface area contributed by atoms with Crippen molar-refractivity contribution in [2.24, 2.45) is 0 Å². The van der Waals surface area contributed by atoms with Gasteiger partial charge < -0.3 is 9.64 Å². The summed E-state index contributed by atoms with van der Waals surface area (Å²) in [5.41, 5.74) is 0.985. The van der Waals surface area contributed by atoms with Crippen molar-refractivity contribution in [2.75, 3.05) is 12.9 Å². The average Bonchev–Trinajstić information content (AvgIpc) is 3.10. The largest absolute Gasteiger partial charge is 0.497 e. The molecule has 2 heterocycles. The van der Waals surface area contributed by atoms with Crippen LogP contribution < -0.4 is 4.74 Å². The fourth-order valence-corrected chi connectivity index (χ4v) is 4.83. The molecule has 152 valence electrons. The Morgan fingerprint density at radius 3 is 2.39 bits per heavy atom. The molecule has 7 heteroatoms. The molecular formula is C21H30N4O2S. The normalized spacial score (nSPS) is 19.9. The summed E-state index contributed by atoms with van der Waals surface area (Å²) in [5, 5.41) is 9.58. The molecule has 1 aromatic carbocycles. The van der Waals surface area contributed by atoms with Crippen LogP contribution in [0.5, 0.6) is 5.75 Å². The van der Waals surface area contributed by atoms with Gasteiger partial charge in [0.1, 0.15) is 5.75 Å². The third kappa shape index (κ3) is 4.35. The van der Waals surface area contributed by atoms with E-state index in [0.717, 1.165) is 35.1 Å². The number of nitrogens with zero attached hydrogens (tertiary/aromatic N) is 4. The van der Waals surface area contributed by atoms with E-state index in [1.54, 1.807) is 7.11 Å². The first kappa shape index (κ1) is 20.7. The van der Waals surface area contributed by atoms with E-state index in [2.05, 4.69) is 47.4 Å². The Morgan fingerprint density at radius 2 is 1.82 bits per heavy atom. The highest BCUT2D eigenvalue weighted by Crippen LogP contribution is 2.30. The summed E-state index contributed by atoms with van der Waals surface area (Å²) in [5.74, 6) is 2.20. The van der Waals surface area contributed by atoms with E-state index in [4.69, 9.17) is 4.74 Å². The second-order valence-electron chi connectivity index (χ2n) is 7.72. The van der Waals surface area contributed by atoms with Crippen LogP contribution in [0.2, 0.25) is 0 Å². The third-order valence-corrected chi connectivity index (χ3v) is 6.26. The highest BCUT2D eigenvalue weighted by Gasteiger charge is 2.29. The third-order valence-electron chi connectivity index (χ3n) is 5.34. The zero-order valence-electron chi connectivity index (χ0n) is 17.4. The van der Waals surface area contributed by atoms with Gasteiger partial charge >= 0.3 is 0 Å². The highest BCUT2D eigenvalue weighted by molar-refractivity contribution is 7.99. The molecule has 0 spiro atoms. The van der Waals surface area contributed by atoms with E-state index in [0.29, 0.717) is 17.8 Å². The molecular weight excluding hydrogens is 372 g/mol. The lowest BCUT2D eigenvalue weighted by Crippen LogP contribution is -2.48. The molecule has 0 bridgehead atoms. The molecule has 2 atom stereocenters. The van der Waals surface area contributed by atoms with Crippen molar-refractivity contribution in [3.05, 3.63) is 24.3 Å². The van der Waals surface area contributed by atoms with Gasteiger partial charge in [0.25, 0.3) is 0 Å². The molecule has 6 nitrogen and oxygen atoms in total. The van der Waals surface area contributed by atoms with Crippen molar-refractivity contribution in [1.29, 1.82) is 0 Å². The maximum Gasteiger partial charge on any atom is 0.233 e. The number of carbonyl (C=O) groups excluding carboxylic acids is 1. The minimum absolute atomic E-state index is 0.189. The summed E-state index contributed by atoms with van der Waals surface area (Å²) in [6, 6.07) is 8.63. The molecule has 0 aliphatic carbocycles. The highest BCUT2D eigenvalue weighted by atomic mass is 32.2. The van der Waals surface area contributed by atoms with E-state index in [9.17, 15) is 4.79 Å². The zero-order chi connectivity index (χ0) is 20.3. The number of benzene rings is 1. The van der Waals surface area contributed by atoms with Crippen LogP contribution in [-0.2, 0) is 4.79 Å². The smallest absolute Gasteiger partial charge is 0.233 e. The van der Waals surface area contributed by atoms with Crippen LogP contribution in [0.25, 0.3) is 11.4 Å². The molecule has 1 aromatic heterocycles. The fourth-order valence-electron chi connectivity index (χ4n) is 3.89. The number of hydrogen-bond acceptors (Lipinski definition) is 5. The molecule has 0 unspecified atom stereocenters. The van der Waals surface area contributed by atoms with Crippen molar-refractivity contribution in [2.45, 2.75) is 70.2 Å². The van der Waals surface area contributed by atoms with Gasteiger partial charge in [-0.15, -0.1) is 10.2 Å². The van der Waals surface area contributed by atoms with E-state index < -0.39 is 0 Å². The summed E-state index contributed by atoms with van der Waals surface area (Å²) in [4.78, 5) is 14.9. The van der Waals surface area contributed by atoms with Gasteiger partial charge in [-0.05, 0) is 71.2 Å². The maximum absolute atomic E-state index is 12.9. The molecule has 0 radical (unpaired) electrons. The fraction of sp³-hybridized carbons (Fsp3) is 0.571. The number of rotatable bonds is 6. The van der Waals surface area contributed by atoms with Crippen LogP contribution in [0.1, 0.15) is 53.0 Å². The minimum Gasteiger partial charge on any atom is -0.497 e. The number of carbonyl (C=O) groups is 1. The molecule has 1 fully saturated rings. The van der Waals surface area contributed by atoms with Crippen LogP contribution in [0.4, 0.5) is 0 Å². The van der Waals surface area contributed by atoms with Crippen molar-refractivity contribution < 1.29 is 9.53 Å². The van der Waals surface area contributed by atoms with E-state index >= 15 is 0 Å². The molecule has 1 aliphatic rings. The topological polar surface area (TPSA) is 60.3 Å². The number of amides is 1. The predicted octanol–water partition coefficient (Wildman–Crippen LogP) is 4.42.